The predicted molar refractivity (Wildman–Crippen MR) is 116 cm³/mol. The highest BCUT2D eigenvalue weighted by Gasteiger charge is 2.31. The molecule has 3 fully saturated rings. The third kappa shape index (κ3) is 6.02. The lowest BCUT2D eigenvalue weighted by molar-refractivity contribution is -0.127. The molecule has 5 nitrogen and oxygen atoms in total. The Morgan fingerprint density at radius 2 is 1.86 bits per heavy atom. The molecule has 5 heteroatoms. The number of carbonyl (C=O) groups is 1. The second-order valence-corrected chi connectivity index (χ2v) is 9.45. The Bertz CT molecular complexity index is 623. The Hall–Kier alpha value is -1.46. The first kappa shape index (κ1) is 20.8. The largest absolute Gasteiger partial charge is 0.356 e. The number of amides is 1. The summed E-state index contributed by atoms with van der Waals surface area (Å²) < 4.78 is 0. The highest BCUT2D eigenvalue weighted by atomic mass is 16.1. The minimum atomic E-state index is 0.195. The molecule has 2 aliphatic heterocycles. The van der Waals surface area contributed by atoms with Crippen LogP contribution in [0.4, 0.5) is 0 Å². The topological polar surface area (TPSA) is 48.5 Å². The minimum Gasteiger partial charge on any atom is -0.356 e. The molecule has 160 valence electrons. The quantitative estimate of drug-likeness (QED) is 0.797. The molecule has 0 radical (unpaired) electrons. The fourth-order valence-electron chi connectivity index (χ4n) is 5.53. The molecule has 1 N–H and O–H groups in total. The molecule has 1 amide bonds. The van der Waals surface area contributed by atoms with Crippen LogP contribution in [-0.2, 0) is 11.3 Å². The zero-order valence-electron chi connectivity index (χ0n) is 17.9. The summed E-state index contributed by atoms with van der Waals surface area (Å²) in [6, 6.07) is 4.84. The SMILES string of the molecule is O=C(NCC1CCCCC1)C1CCCN(C2CCN(Cc3cccnc3)CC2)C1. The number of pyridine rings is 1. The van der Waals surface area contributed by atoms with Crippen LogP contribution in [0.5, 0.6) is 0 Å². The summed E-state index contributed by atoms with van der Waals surface area (Å²) in [5, 5.41) is 3.30. The van der Waals surface area contributed by atoms with Gasteiger partial charge in [0.25, 0.3) is 0 Å². The zero-order chi connectivity index (χ0) is 19.9. The van der Waals surface area contributed by atoms with Crippen molar-refractivity contribution in [2.45, 2.75) is 70.4 Å². The summed E-state index contributed by atoms with van der Waals surface area (Å²) in [4.78, 5) is 22.2. The summed E-state index contributed by atoms with van der Waals surface area (Å²) in [7, 11) is 0. The Labute approximate surface area is 176 Å². The van der Waals surface area contributed by atoms with Crippen molar-refractivity contribution < 1.29 is 4.79 Å². The third-order valence-corrected chi connectivity index (χ3v) is 7.32. The van der Waals surface area contributed by atoms with Crippen molar-refractivity contribution in [3.8, 4) is 0 Å². The number of aromatic nitrogens is 1. The maximum atomic E-state index is 12.8. The van der Waals surface area contributed by atoms with Gasteiger partial charge in [0.2, 0.25) is 5.91 Å². The maximum absolute atomic E-state index is 12.8. The first-order valence-electron chi connectivity index (χ1n) is 11.9. The molecule has 0 spiro atoms. The molecule has 3 aliphatic rings. The van der Waals surface area contributed by atoms with Crippen LogP contribution in [-0.4, -0.2) is 59.5 Å². The Morgan fingerprint density at radius 3 is 2.62 bits per heavy atom. The van der Waals surface area contributed by atoms with Crippen LogP contribution < -0.4 is 5.32 Å². The number of hydrogen-bond donors (Lipinski definition) is 1. The first-order chi connectivity index (χ1) is 14.3. The third-order valence-electron chi connectivity index (χ3n) is 7.32. The van der Waals surface area contributed by atoms with Gasteiger partial charge in [-0.3, -0.25) is 19.6 Å². The molecule has 4 rings (SSSR count). The predicted octanol–water partition coefficient (Wildman–Crippen LogP) is 3.45. The van der Waals surface area contributed by atoms with E-state index in [1.807, 2.05) is 18.5 Å². The normalized spacial score (nSPS) is 25.7. The van der Waals surface area contributed by atoms with E-state index < -0.39 is 0 Å². The summed E-state index contributed by atoms with van der Waals surface area (Å²) in [6.45, 7) is 6.33. The maximum Gasteiger partial charge on any atom is 0.224 e. The molecule has 1 aromatic rings. The number of nitrogens with one attached hydrogen (secondary N) is 1. The van der Waals surface area contributed by atoms with Gasteiger partial charge in [-0.15, -0.1) is 0 Å². The van der Waals surface area contributed by atoms with Crippen molar-refractivity contribution in [1.82, 2.24) is 20.1 Å². The van der Waals surface area contributed by atoms with Crippen LogP contribution >= 0.6 is 0 Å². The molecular weight excluding hydrogens is 360 g/mol. The zero-order valence-corrected chi connectivity index (χ0v) is 17.9. The van der Waals surface area contributed by atoms with E-state index in [0.29, 0.717) is 11.9 Å². The van der Waals surface area contributed by atoms with Gasteiger partial charge in [-0.1, -0.05) is 25.3 Å². The van der Waals surface area contributed by atoms with Gasteiger partial charge in [-0.05, 0) is 75.7 Å². The average Bonchev–Trinajstić information content (AvgIpc) is 2.79. The number of nitrogens with zero attached hydrogens (tertiary/aromatic N) is 3. The fraction of sp³-hybridized carbons (Fsp3) is 0.750. The highest BCUT2D eigenvalue weighted by molar-refractivity contribution is 5.79. The molecule has 1 aliphatic carbocycles. The van der Waals surface area contributed by atoms with Crippen LogP contribution in [0.15, 0.2) is 24.5 Å². The lowest BCUT2D eigenvalue weighted by Gasteiger charge is -2.42. The van der Waals surface area contributed by atoms with E-state index in [1.165, 1.54) is 57.1 Å². The summed E-state index contributed by atoms with van der Waals surface area (Å²) >= 11 is 0. The standard InChI is InChI=1S/C24H38N4O/c29-24(26-17-20-6-2-1-3-7-20)22-9-5-13-28(19-22)23-10-14-27(15-11-23)18-21-8-4-12-25-16-21/h4,8,12,16,20,22-23H,1-3,5-7,9-11,13-15,17-19H2,(H,26,29). The first-order valence-corrected chi connectivity index (χ1v) is 11.9. The van der Waals surface area contributed by atoms with Gasteiger partial charge < -0.3 is 5.32 Å². The van der Waals surface area contributed by atoms with Crippen molar-refractivity contribution in [2.75, 3.05) is 32.7 Å². The number of piperidine rings is 2. The number of likely N-dealkylation sites (tertiary alicyclic amines) is 2. The second-order valence-electron chi connectivity index (χ2n) is 9.45. The van der Waals surface area contributed by atoms with Gasteiger partial charge in [0, 0.05) is 38.1 Å². The van der Waals surface area contributed by atoms with Gasteiger partial charge in [0.15, 0.2) is 0 Å². The molecule has 1 unspecified atom stereocenters. The number of rotatable bonds is 6. The van der Waals surface area contributed by atoms with E-state index in [-0.39, 0.29) is 5.92 Å². The lowest BCUT2D eigenvalue weighted by atomic mass is 9.89. The van der Waals surface area contributed by atoms with E-state index >= 15 is 0 Å². The van der Waals surface area contributed by atoms with E-state index in [9.17, 15) is 4.79 Å². The van der Waals surface area contributed by atoms with Gasteiger partial charge in [-0.25, -0.2) is 0 Å². The summed E-state index contributed by atoms with van der Waals surface area (Å²) in [5.41, 5.74) is 1.30. The Balaban J connectivity index is 1.20. The molecule has 0 aromatic carbocycles. The van der Waals surface area contributed by atoms with Crippen molar-refractivity contribution in [2.24, 2.45) is 11.8 Å². The van der Waals surface area contributed by atoms with E-state index in [4.69, 9.17) is 0 Å². The minimum absolute atomic E-state index is 0.195. The van der Waals surface area contributed by atoms with E-state index in [1.54, 1.807) is 0 Å². The van der Waals surface area contributed by atoms with Crippen LogP contribution in [0.25, 0.3) is 0 Å². The van der Waals surface area contributed by atoms with Crippen molar-refractivity contribution in [3.63, 3.8) is 0 Å². The molecule has 3 heterocycles. The van der Waals surface area contributed by atoms with Crippen LogP contribution in [0.1, 0.15) is 63.4 Å². The lowest BCUT2D eigenvalue weighted by Crippen LogP contribution is -2.51. The molecule has 1 atom stereocenters. The van der Waals surface area contributed by atoms with Gasteiger partial charge >= 0.3 is 0 Å². The van der Waals surface area contributed by atoms with E-state index in [2.05, 4.69) is 26.2 Å². The molecule has 1 saturated carbocycles. The van der Waals surface area contributed by atoms with Crippen LogP contribution in [0, 0.1) is 11.8 Å². The monoisotopic (exact) mass is 398 g/mol. The van der Waals surface area contributed by atoms with Gasteiger partial charge in [0.1, 0.15) is 0 Å². The Kier molecular flexibility index (Phi) is 7.55. The molecule has 2 saturated heterocycles. The summed E-state index contributed by atoms with van der Waals surface area (Å²) in [5.74, 6) is 1.23. The molecule has 1 aromatic heterocycles. The van der Waals surface area contributed by atoms with Crippen molar-refractivity contribution in [1.29, 1.82) is 0 Å². The molecular formula is C24H38N4O. The van der Waals surface area contributed by atoms with Crippen LogP contribution in [0.2, 0.25) is 0 Å². The molecule has 0 bridgehead atoms. The van der Waals surface area contributed by atoms with E-state index in [0.717, 1.165) is 51.5 Å². The smallest absolute Gasteiger partial charge is 0.224 e. The fourth-order valence-corrected chi connectivity index (χ4v) is 5.53. The molecule has 29 heavy (non-hydrogen) atoms. The Morgan fingerprint density at radius 1 is 1.03 bits per heavy atom. The van der Waals surface area contributed by atoms with Gasteiger partial charge in [0.05, 0.1) is 5.92 Å². The van der Waals surface area contributed by atoms with Crippen molar-refractivity contribution in [3.05, 3.63) is 30.1 Å². The number of hydrogen-bond acceptors (Lipinski definition) is 4. The summed E-state index contributed by atoms with van der Waals surface area (Å²) in [6.07, 6.45) is 15.2. The van der Waals surface area contributed by atoms with Crippen LogP contribution in [0.3, 0.4) is 0 Å². The highest BCUT2D eigenvalue weighted by Crippen LogP contribution is 2.26. The van der Waals surface area contributed by atoms with Crippen molar-refractivity contribution >= 4 is 5.91 Å². The number of carbonyl (C=O) groups excluding carboxylic acids is 1. The second kappa shape index (κ2) is 10.5. The average molecular weight is 399 g/mol. The van der Waals surface area contributed by atoms with Gasteiger partial charge in [-0.2, -0.15) is 0 Å².